The van der Waals surface area contributed by atoms with Gasteiger partial charge < -0.3 is 5.32 Å². The van der Waals surface area contributed by atoms with Crippen LogP contribution in [0.25, 0.3) is 0 Å². The van der Waals surface area contributed by atoms with Crippen LogP contribution in [0.3, 0.4) is 0 Å². The lowest BCUT2D eigenvalue weighted by molar-refractivity contribution is 0.631. The topological polar surface area (TPSA) is 53.6 Å². The number of rotatable bonds is 2. The number of benzene rings is 1. The van der Waals surface area contributed by atoms with E-state index in [0.717, 1.165) is 0 Å². The van der Waals surface area contributed by atoms with Gasteiger partial charge in [-0.3, -0.25) is 0 Å². The van der Waals surface area contributed by atoms with E-state index in [9.17, 15) is 4.39 Å². The summed E-state index contributed by atoms with van der Waals surface area (Å²) < 4.78 is 13.1. The summed E-state index contributed by atoms with van der Waals surface area (Å²) in [6.07, 6.45) is 1.35. The number of halogens is 1. The number of para-hydroxylation sites is 1. The summed E-state index contributed by atoms with van der Waals surface area (Å²) in [7, 11) is 0. The van der Waals surface area contributed by atoms with Gasteiger partial charge in [-0.25, -0.2) is 9.49 Å². The fourth-order valence-electron chi connectivity index (χ4n) is 0.956. The van der Waals surface area contributed by atoms with Gasteiger partial charge in [0.2, 0.25) is 5.95 Å². The van der Waals surface area contributed by atoms with Crippen LogP contribution in [0.5, 0.6) is 0 Å². The molecule has 13 heavy (non-hydrogen) atoms. The van der Waals surface area contributed by atoms with Crippen LogP contribution < -0.4 is 5.32 Å². The molecule has 0 aliphatic heterocycles. The monoisotopic (exact) mass is 178 g/mol. The Bertz CT molecular complexity index is 385. The summed E-state index contributed by atoms with van der Waals surface area (Å²) in [4.78, 5) is 3.81. The molecule has 0 atom stereocenters. The molecule has 4 nitrogen and oxygen atoms in total. The highest BCUT2D eigenvalue weighted by atomic mass is 19.1. The number of anilines is 2. The summed E-state index contributed by atoms with van der Waals surface area (Å²) in [6, 6.07) is 6.36. The summed E-state index contributed by atoms with van der Waals surface area (Å²) in [6.45, 7) is 0. The van der Waals surface area contributed by atoms with Crippen molar-refractivity contribution >= 4 is 11.6 Å². The minimum atomic E-state index is -0.320. The highest BCUT2D eigenvalue weighted by Crippen LogP contribution is 2.15. The minimum Gasteiger partial charge on any atom is -0.322 e. The second-order valence-electron chi connectivity index (χ2n) is 2.44. The maximum Gasteiger partial charge on any atom is 0.223 e. The molecule has 0 radical (unpaired) electrons. The van der Waals surface area contributed by atoms with Crippen molar-refractivity contribution in [2.45, 2.75) is 0 Å². The fourth-order valence-corrected chi connectivity index (χ4v) is 0.956. The molecule has 1 heterocycles. The maximum atomic E-state index is 13.1. The van der Waals surface area contributed by atoms with Crippen LogP contribution >= 0.6 is 0 Å². The highest BCUT2D eigenvalue weighted by Gasteiger charge is 2.01. The van der Waals surface area contributed by atoms with Crippen molar-refractivity contribution in [1.29, 1.82) is 0 Å². The molecule has 2 aromatic rings. The van der Waals surface area contributed by atoms with Gasteiger partial charge in [0.1, 0.15) is 12.1 Å². The molecule has 2 rings (SSSR count). The molecule has 0 spiro atoms. The third kappa shape index (κ3) is 1.64. The van der Waals surface area contributed by atoms with E-state index in [-0.39, 0.29) is 5.82 Å². The Morgan fingerprint density at radius 3 is 2.85 bits per heavy atom. The molecule has 1 aromatic carbocycles. The van der Waals surface area contributed by atoms with Gasteiger partial charge in [-0.1, -0.05) is 12.1 Å². The maximum absolute atomic E-state index is 13.1. The predicted octanol–water partition coefficient (Wildman–Crippen LogP) is 1.69. The Kier molecular flexibility index (Phi) is 1.91. The molecule has 0 fully saturated rings. The third-order valence-corrected chi connectivity index (χ3v) is 1.54. The van der Waals surface area contributed by atoms with Gasteiger partial charge in [0.15, 0.2) is 0 Å². The Morgan fingerprint density at radius 1 is 1.31 bits per heavy atom. The first-order valence-electron chi connectivity index (χ1n) is 3.73. The summed E-state index contributed by atoms with van der Waals surface area (Å²) in [5.74, 6) is 0.101. The smallest absolute Gasteiger partial charge is 0.223 e. The number of nitrogens with one attached hydrogen (secondary N) is 2. The second-order valence-corrected chi connectivity index (χ2v) is 2.44. The standard InChI is InChI=1S/C8H7FN4/c9-6-3-1-2-4-7(6)12-8-10-5-11-13-8/h1-5H,(H2,10,11,12,13). The Morgan fingerprint density at radius 2 is 2.15 bits per heavy atom. The van der Waals surface area contributed by atoms with Crippen LogP contribution in [0.4, 0.5) is 16.0 Å². The van der Waals surface area contributed by atoms with Crippen molar-refractivity contribution in [3.63, 3.8) is 0 Å². The van der Waals surface area contributed by atoms with Gasteiger partial charge in [-0.2, -0.15) is 10.1 Å². The SMILES string of the molecule is Fc1ccccc1Nc1ncn[nH]1. The quantitative estimate of drug-likeness (QED) is 0.735. The number of hydrogen-bond acceptors (Lipinski definition) is 3. The van der Waals surface area contributed by atoms with Gasteiger partial charge in [-0.15, -0.1) is 0 Å². The van der Waals surface area contributed by atoms with Crippen molar-refractivity contribution in [3.8, 4) is 0 Å². The van der Waals surface area contributed by atoms with Crippen LogP contribution in [0.15, 0.2) is 30.6 Å². The van der Waals surface area contributed by atoms with Crippen LogP contribution in [-0.2, 0) is 0 Å². The van der Waals surface area contributed by atoms with Crippen LogP contribution in [0, 0.1) is 5.82 Å². The molecular weight excluding hydrogens is 171 g/mol. The molecular formula is C8H7FN4. The van der Waals surface area contributed by atoms with E-state index >= 15 is 0 Å². The molecule has 0 aliphatic carbocycles. The van der Waals surface area contributed by atoms with Gasteiger partial charge in [0.05, 0.1) is 5.69 Å². The molecule has 0 aliphatic rings. The van der Waals surface area contributed by atoms with E-state index in [1.165, 1.54) is 12.4 Å². The molecule has 0 saturated heterocycles. The van der Waals surface area contributed by atoms with Gasteiger partial charge >= 0.3 is 0 Å². The first-order chi connectivity index (χ1) is 6.36. The first-order valence-corrected chi connectivity index (χ1v) is 3.73. The number of aromatic nitrogens is 3. The van der Waals surface area contributed by atoms with Gasteiger partial charge in [0, 0.05) is 0 Å². The molecule has 0 saturated carbocycles. The summed E-state index contributed by atoms with van der Waals surface area (Å²) in [5.41, 5.74) is 0.374. The molecule has 0 unspecified atom stereocenters. The number of H-pyrrole nitrogens is 1. The summed E-state index contributed by atoms with van der Waals surface area (Å²) in [5, 5.41) is 8.95. The molecule has 5 heteroatoms. The largest absolute Gasteiger partial charge is 0.322 e. The molecule has 2 N–H and O–H groups in total. The van der Waals surface area contributed by atoms with Crippen molar-refractivity contribution in [1.82, 2.24) is 15.2 Å². The van der Waals surface area contributed by atoms with E-state index in [1.807, 2.05) is 0 Å². The zero-order valence-electron chi connectivity index (χ0n) is 6.66. The lowest BCUT2D eigenvalue weighted by Crippen LogP contribution is -1.94. The normalized spacial score (nSPS) is 9.92. The number of hydrogen-bond donors (Lipinski definition) is 2. The number of aromatic amines is 1. The van der Waals surface area contributed by atoms with Crippen molar-refractivity contribution in [3.05, 3.63) is 36.4 Å². The Hall–Kier alpha value is -1.91. The first kappa shape index (κ1) is 7.72. The van der Waals surface area contributed by atoms with E-state index in [0.29, 0.717) is 11.6 Å². The average molecular weight is 178 g/mol. The Labute approximate surface area is 73.8 Å². The van der Waals surface area contributed by atoms with Crippen LogP contribution in [0.2, 0.25) is 0 Å². The third-order valence-electron chi connectivity index (χ3n) is 1.54. The average Bonchev–Trinajstić information content (AvgIpc) is 2.61. The predicted molar refractivity (Wildman–Crippen MR) is 46.1 cm³/mol. The molecule has 66 valence electrons. The van der Waals surface area contributed by atoms with Crippen molar-refractivity contribution < 1.29 is 4.39 Å². The molecule has 0 amide bonds. The summed E-state index contributed by atoms with van der Waals surface area (Å²) >= 11 is 0. The second kappa shape index (κ2) is 3.22. The Balaban J connectivity index is 2.24. The van der Waals surface area contributed by atoms with Gasteiger partial charge in [-0.05, 0) is 12.1 Å². The van der Waals surface area contributed by atoms with Crippen molar-refractivity contribution in [2.75, 3.05) is 5.32 Å². The van der Waals surface area contributed by atoms with Gasteiger partial charge in [0.25, 0.3) is 0 Å². The van der Waals surface area contributed by atoms with E-state index in [4.69, 9.17) is 0 Å². The van der Waals surface area contributed by atoms with Crippen LogP contribution in [0.1, 0.15) is 0 Å². The lowest BCUT2D eigenvalue weighted by atomic mass is 10.3. The minimum absolute atomic E-state index is 0.320. The van der Waals surface area contributed by atoms with Crippen molar-refractivity contribution in [2.24, 2.45) is 0 Å². The molecule has 1 aromatic heterocycles. The van der Waals surface area contributed by atoms with Crippen LogP contribution in [-0.4, -0.2) is 15.2 Å². The highest BCUT2D eigenvalue weighted by molar-refractivity contribution is 5.53. The van der Waals surface area contributed by atoms with E-state index in [1.54, 1.807) is 18.2 Å². The fraction of sp³-hybridized carbons (Fsp3) is 0. The zero-order chi connectivity index (χ0) is 9.10. The number of nitrogens with zero attached hydrogens (tertiary/aromatic N) is 2. The molecule has 0 bridgehead atoms. The van der Waals surface area contributed by atoms with E-state index in [2.05, 4.69) is 20.5 Å². The zero-order valence-corrected chi connectivity index (χ0v) is 6.66. The lowest BCUT2D eigenvalue weighted by Gasteiger charge is -2.01. The van der Waals surface area contributed by atoms with E-state index < -0.39 is 0 Å².